The molecule has 3 rings (SSSR count). The first kappa shape index (κ1) is 18.5. The Morgan fingerprint density at radius 3 is 2.69 bits per heavy atom. The zero-order valence-corrected chi connectivity index (χ0v) is 16.0. The van der Waals surface area contributed by atoms with Gasteiger partial charge in [0.25, 0.3) is 0 Å². The Labute approximate surface area is 158 Å². The van der Waals surface area contributed by atoms with Crippen molar-refractivity contribution in [3.05, 3.63) is 47.3 Å². The number of hydrogen-bond acceptors (Lipinski definition) is 3. The molecule has 1 aromatic carbocycles. The first-order chi connectivity index (χ1) is 12.5. The number of thiophene rings is 1. The van der Waals surface area contributed by atoms with Crippen LogP contribution in [-0.2, 0) is 4.79 Å². The van der Waals surface area contributed by atoms with Gasteiger partial charge in [0, 0.05) is 18.8 Å². The van der Waals surface area contributed by atoms with Crippen molar-refractivity contribution in [3.8, 4) is 0 Å². The van der Waals surface area contributed by atoms with Crippen LogP contribution in [0.4, 0.5) is 15.5 Å². The second-order valence-electron chi connectivity index (χ2n) is 6.92. The van der Waals surface area contributed by atoms with E-state index in [2.05, 4.69) is 24.5 Å². The number of nitrogens with zero attached hydrogens (tertiary/aromatic N) is 1. The van der Waals surface area contributed by atoms with E-state index in [1.165, 1.54) is 11.3 Å². The molecule has 2 aromatic rings. The summed E-state index contributed by atoms with van der Waals surface area (Å²) in [6.07, 6.45) is 1.64. The van der Waals surface area contributed by atoms with Crippen molar-refractivity contribution < 1.29 is 9.59 Å². The zero-order valence-electron chi connectivity index (χ0n) is 15.2. The number of anilines is 2. The Morgan fingerprint density at radius 1 is 1.15 bits per heavy atom. The van der Waals surface area contributed by atoms with Crippen LogP contribution in [0.25, 0.3) is 0 Å². The summed E-state index contributed by atoms with van der Waals surface area (Å²) in [7, 11) is 0. The number of urea groups is 1. The molecule has 138 valence electrons. The van der Waals surface area contributed by atoms with Gasteiger partial charge in [-0.3, -0.25) is 10.1 Å². The highest BCUT2D eigenvalue weighted by Crippen LogP contribution is 2.26. The molecule has 1 unspecified atom stereocenters. The molecular formula is C20H25N3O2S. The van der Waals surface area contributed by atoms with Crippen LogP contribution in [0.2, 0.25) is 0 Å². The minimum atomic E-state index is -0.182. The lowest BCUT2D eigenvalue weighted by atomic mass is 9.96. The maximum atomic E-state index is 12.8. The normalized spacial score (nSPS) is 17.2. The molecule has 2 heterocycles. The van der Waals surface area contributed by atoms with E-state index in [-0.39, 0.29) is 17.9 Å². The fraction of sp³-hybridized carbons (Fsp3) is 0.400. The number of nitrogens with one attached hydrogen (secondary N) is 2. The van der Waals surface area contributed by atoms with E-state index < -0.39 is 0 Å². The second-order valence-corrected chi connectivity index (χ2v) is 7.87. The van der Waals surface area contributed by atoms with Crippen LogP contribution >= 0.6 is 11.3 Å². The molecule has 1 aliphatic rings. The minimum absolute atomic E-state index is 0.00766. The lowest BCUT2D eigenvalue weighted by Crippen LogP contribution is -2.45. The number of hydrogen-bond donors (Lipinski definition) is 2. The summed E-state index contributed by atoms with van der Waals surface area (Å²) < 4.78 is 0. The maximum Gasteiger partial charge on any atom is 0.322 e. The van der Waals surface area contributed by atoms with Gasteiger partial charge in [-0.2, -0.15) is 0 Å². The van der Waals surface area contributed by atoms with Crippen molar-refractivity contribution in [3.63, 3.8) is 0 Å². The van der Waals surface area contributed by atoms with Crippen molar-refractivity contribution in [2.75, 3.05) is 23.7 Å². The average molecular weight is 372 g/mol. The summed E-state index contributed by atoms with van der Waals surface area (Å²) in [4.78, 5) is 26.9. The molecule has 0 radical (unpaired) electrons. The third-order valence-electron chi connectivity index (χ3n) is 4.67. The van der Waals surface area contributed by atoms with Crippen LogP contribution in [-0.4, -0.2) is 29.9 Å². The van der Waals surface area contributed by atoms with Crippen LogP contribution < -0.4 is 10.6 Å². The monoisotopic (exact) mass is 371 g/mol. The summed E-state index contributed by atoms with van der Waals surface area (Å²) in [6, 6.07) is 11.6. The Balaban J connectivity index is 1.62. The third kappa shape index (κ3) is 4.43. The van der Waals surface area contributed by atoms with Gasteiger partial charge in [-0.25, -0.2) is 4.79 Å². The largest absolute Gasteiger partial charge is 0.326 e. The number of carbonyl (C=O) groups excluding carboxylic acids is 2. The van der Waals surface area contributed by atoms with Gasteiger partial charge in [0.15, 0.2) is 0 Å². The molecule has 0 bridgehead atoms. The van der Waals surface area contributed by atoms with Gasteiger partial charge in [0.05, 0.1) is 10.9 Å². The molecule has 1 aromatic heterocycles. The van der Waals surface area contributed by atoms with Gasteiger partial charge in [-0.1, -0.05) is 32.0 Å². The SMILES string of the molecule is CC(C)c1ccccc1NC(=O)C1CCCN(C(=O)Nc2cccs2)C1. The molecule has 1 fully saturated rings. The summed E-state index contributed by atoms with van der Waals surface area (Å²) >= 11 is 1.49. The molecule has 2 N–H and O–H groups in total. The van der Waals surface area contributed by atoms with Gasteiger partial charge in [-0.05, 0) is 47.9 Å². The van der Waals surface area contributed by atoms with Gasteiger partial charge in [-0.15, -0.1) is 11.3 Å². The van der Waals surface area contributed by atoms with E-state index in [0.29, 0.717) is 19.0 Å². The highest BCUT2D eigenvalue weighted by atomic mass is 32.1. The molecule has 3 amide bonds. The van der Waals surface area contributed by atoms with E-state index >= 15 is 0 Å². The van der Waals surface area contributed by atoms with E-state index in [9.17, 15) is 9.59 Å². The molecule has 1 saturated heterocycles. The topological polar surface area (TPSA) is 61.4 Å². The van der Waals surface area contributed by atoms with Crippen molar-refractivity contribution in [1.29, 1.82) is 0 Å². The molecule has 1 atom stereocenters. The van der Waals surface area contributed by atoms with E-state index in [1.54, 1.807) is 4.90 Å². The Bertz CT molecular complexity index is 758. The smallest absolute Gasteiger partial charge is 0.322 e. The number of carbonyl (C=O) groups is 2. The van der Waals surface area contributed by atoms with Crippen molar-refractivity contribution in [2.24, 2.45) is 5.92 Å². The minimum Gasteiger partial charge on any atom is -0.326 e. The van der Waals surface area contributed by atoms with Gasteiger partial charge < -0.3 is 10.2 Å². The van der Waals surface area contributed by atoms with E-state index in [1.807, 2.05) is 41.8 Å². The first-order valence-electron chi connectivity index (χ1n) is 9.04. The quantitative estimate of drug-likeness (QED) is 0.814. The average Bonchev–Trinajstić information content (AvgIpc) is 3.15. The zero-order chi connectivity index (χ0) is 18.5. The molecule has 26 heavy (non-hydrogen) atoms. The third-order valence-corrected chi connectivity index (χ3v) is 5.46. The highest BCUT2D eigenvalue weighted by molar-refractivity contribution is 7.14. The molecule has 0 spiro atoms. The Hall–Kier alpha value is -2.34. The molecular weight excluding hydrogens is 346 g/mol. The lowest BCUT2D eigenvalue weighted by Gasteiger charge is -2.32. The van der Waals surface area contributed by atoms with Crippen LogP contribution in [0.3, 0.4) is 0 Å². The predicted molar refractivity (Wildman–Crippen MR) is 107 cm³/mol. The summed E-state index contributed by atoms with van der Waals surface area (Å²) in [5, 5.41) is 8.72. The van der Waals surface area contributed by atoms with Gasteiger partial charge in [0.1, 0.15) is 0 Å². The van der Waals surface area contributed by atoms with Crippen LogP contribution in [0.5, 0.6) is 0 Å². The number of benzene rings is 1. The van der Waals surface area contributed by atoms with Crippen LogP contribution in [0, 0.1) is 5.92 Å². The van der Waals surface area contributed by atoms with Gasteiger partial charge in [0.2, 0.25) is 5.91 Å². The number of rotatable bonds is 4. The lowest BCUT2D eigenvalue weighted by molar-refractivity contribution is -0.121. The van der Waals surface area contributed by atoms with Crippen LogP contribution in [0.1, 0.15) is 38.2 Å². The van der Waals surface area contributed by atoms with Gasteiger partial charge >= 0.3 is 6.03 Å². The molecule has 0 saturated carbocycles. The summed E-state index contributed by atoms with van der Waals surface area (Å²) in [5.41, 5.74) is 2.00. The maximum absolute atomic E-state index is 12.8. The fourth-order valence-corrected chi connectivity index (χ4v) is 3.87. The molecule has 0 aliphatic carbocycles. The van der Waals surface area contributed by atoms with Crippen molar-refractivity contribution in [2.45, 2.75) is 32.6 Å². The Morgan fingerprint density at radius 2 is 1.96 bits per heavy atom. The summed E-state index contributed by atoms with van der Waals surface area (Å²) in [5.74, 6) is 0.149. The number of likely N-dealkylation sites (tertiary alicyclic amines) is 1. The second kappa shape index (κ2) is 8.36. The van der Waals surface area contributed by atoms with Crippen molar-refractivity contribution >= 4 is 34.0 Å². The number of piperidine rings is 1. The Kier molecular flexibility index (Phi) is 5.93. The molecule has 5 nitrogen and oxygen atoms in total. The summed E-state index contributed by atoms with van der Waals surface area (Å²) in [6.45, 7) is 5.36. The van der Waals surface area contributed by atoms with Crippen molar-refractivity contribution in [1.82, 2.24) is 4.90 Å². The van der Waals surface area contributed by atoms with Crippen LogP contribution in [0.15, 0.2) is 41.8 Å². The first-order valence-corrected chi connectivity index (χ1v) is 9.92. The fourth-order valence-electron chi connectivity index (χ4n) is 3.26. The number of para-hydroxylation sites is 1. The van der Waals surface area contributed by atoms with E-state index in [0.717, 1.165) is 29.1 Å². The number of amides is 3. The standard InChI is InChI=1S/C20H25N3O2S/c1-14(2)16-8-3-4-9-17(16)21-19(24)15-7-5-11-23(13-15)20(25)22-18-10-6-12-26-18/h3-4,6,8-10,12,14-15H,5,7,11,13H2,1-2H3,(H,21,24)(H,22,25). The molecule has 6 heteroatoms. The highest BCUT2D eigenvalue weighted by Gasteiger charge is 2.29. The molecule has 1 aliphatic heterocycles. The van der Waals surface area contributed by atoms with E-state index in [4.69, 9.17) is 0 Å². The predicted octanol–water partition coefficient (Wildman–Crippen LogP) is 4.75.